The summed E-state index contributed by atoms with van der Waals surface area (Å²) in [6.45, 7) is -0.858. The third kappa shape index (κ3) is 9.11. The van der Waals surface area contributed by atoms with Crippen LogP contribution in [0.1, 0.15) is 45.5 Å². The van der Waals surface area contributed by atoms with Crippen LogP contribution in [0.2, 0.25) is 0 Å². The fourth-order valence-electron chi connectivity index (χ4n) is 4.40. The molecule has 0 aliphatic carbocycles. The molecule has 4 aromatic carbocycles. The van der Waals surface area contributed by atoms with E-state index in [0.717, 1.165) is 36.4 Å². The minimum atomic E-state index is -4.87. The Morgan fingerprint density at radius 2 is 1.29 bits per heavy atom. The normalized spacial score (nSPS) is 13.8. The Labute approximate surface area is 249 Å². The molecule has 0 fully saturated rings. The highest BCUT2D eigenvalue weighted by molar-refractivity contribution is 5.40. The van der Waals surface area contributed by atoms with Gasteiger partial charge in [-0.1, -0.05) is 36.4 Å². The average molecular weight is 648 g/mol. The summed E-state index contributed by atoms with van der Waals surface area (Å²) in [5, 5.41) is 13.0. The van der Waals surface area contributed by atoms with E-state index in [2.05, 4.69) is 10.1 Å². The number of hydrogen-bond acceptors (Lipinski definition) is 4. The quantitative estimate of drug-likeness (QED) is 0.169. The van der Waals surface area contributed by atoms with Crippen LogP contribution in [-0.2, 0) is 19.0 Å². The lowest BCUT2D eigenvalue weighted by atomic mass is 9.94. The second-order valence-electron chi connectivity index (χ2n) is 9.74. The van der Waals surface area contributed by atoms with Crippen molar-refractivity contribution < 1.29 is 58.5 Å². The topological polar surface area (TPSA) is 50.7 Å². The van der Waals surface area contributed by atoms with Crippen molar-refractivity contribution in [3.63, 3.8) is 0 Å². The first-order valence-electron chi connectivity index (χ1n) is 13.0. The highest BCUT2D eigenvalue weighted by atomic mass is 19.4. The van der Waals surface area contributed by atoms with Gasteiger partial charge in [-0.3, -0.25) is 5.32 Å². The molecule has 0 amide bonds. The minimum Gasteiger partial charge on any atom is -0.489 e. The Morgan fingerprint density at radius 3 is 1.87 bits per heavy atom. The second kappa shape index (κ2) is 13.4. The van der Waals surface area contributed by atoms with Gasteiger partial charge in [-0.05, 0) is 71.3 Å². The summed E-state index contributed by atoms with van der Waals surface area (Å²) in [6.07, 6.45) is -14.3. The summed E-state index contributed by atoms with van der Waals surface area (Å²) in [5.74, 6) is -1.33. The minimum absolute atomic E-state index is 0.142. The predicted octanol–water partition coefficient (Wildman–Crippen LogP) is 8.75. The maximum absolute atomic E-state index is 15.1. The molecule has 45 heavy (non-hydrogen) atoms. The van der Waals surface area contributed by atoms with E-state index in [9.17, 15) is 44.6 Å². The van der Waals surface area contributed by atoms with Gasteiger partial charge >= 0.3 is 18.7 Å². The largest absolute Gasteiger partial charge is 0.573 e. The molecule has 0 heterocycles. The van der Waals surface area contributed by atoms with E-state index >= 15 is 4.39 Å². The maximum Gasteiger partial charge on any atom is 0.573 e. The molecule has 240 valence electrons. The molecule has 4 nitrogen and oxygen atoms in total. The summed E-state index contributed by atoms with van der Waals surface area (Å²) >= 11 is 0. The monoisotopic (exact) mass is 647 g/mol. The van der Waals surface area contributed by atoms with Crippen LogP contribution in [0.15, 0.2) is 91.0 Å². The second-order valence-corrected chi connectivity index (χ2v) is 9.74. The van der Waals surface area contributed by atoms with Crippen LogP contribution < -0.4 is 14.8 Å². The van der Waals surface area contributed by atoms with Gasteiger partial charge in [0.25, 0.3) is 0 Å². The highest BCUT2D eigenvalue weighted by Gasteiger charge is 2.34. The maximum atomic E-state index is 15.1. The molecule has 2 N–H and O–H groups in total. The number of aliphatic hydroxyl groups is 1. The molecule has 2 atom stereocenters. The first-order valence-corrected chi connectivity index (χ1v) is 13.0. The van der Waals surface area contributed by atoms with E-state index in [4.69, 9.17) is 4.74 Å². The van der Waals surface area contributed by atoms with Gasteiger partial charge in [-0.25, -0.2) is 4.39 Å². The number of ether oxygens (including phenoxy) is 2. The molecule has 14 heteroatoms. The van der Waals surface area contributed by atoms with Gasteiger partial charge in [0.15, 0.2) is 0 Å². The van der Waals surface area contributed by atoms with Gasteiger partial charge in [0.05, 0.1) is 29.8 Å². The molecule has 0 aliphatic heterocycles. The van der Waals surface area contributed by atoms with E-state index in [0.29, 0.717) is 23.8 Å². The van der Waals surface area contributed by atoms with Crippen LogP contribution in [0.3, 0.4) is 0 Å². The first kappa shape index (κ1) is 33.6. The molecule has 4 rings (SSSR count). The molecule has 0 saturated heterocycles. The molecule has 4 aromatic rings. The van der Waals surface area contributed by atoms with Crippen LogP contribution in [0.25, 0.3) is 0 Å². The molecule has 0 aromatic heterocycles. The number of halogens is 10. The molecular weight excluding hydrogens is 624 g/mol. The van der Waals surface area contributed by atoms with Crippen molar-refractivity contribution in [2.45, 2.75) is 37.4 Å². The lowest BCUT2D eigenvalue weighted by Crippen LogP contribution is -2.30. The summed E-state index contributed by atoms with van der Waals surface area (Å²) in [5.41, 5.74) is -1.83. The zero-order chi connectivity index (χ0) is 33.0. The van der Waals surface area contributed by atoms with Crippen molar-refractivity contribution in [2.75, 3.05) is 6.61 Å². The lowest BCUT2D eigenvalue weighted by Gasteiger charge is -2.27. The average Bonchev–Trinajstić information content (AvgIpc) is 2.96. The fraction of sp³-hybridized carbons (Fsp3) is 0.226. The molecule has 0 saturated carbocycles. The van der Waals surface area contributed by atoms with E-state index in [1.54, 1.807) is 0 Å². The summed E-state index contributed by atoms with van der Waals surface area (Å²) in [7, 11) is 0. The van der Waals surface area contributed by atoms with Crippen molar-refractivity contribution in [3.8, 4) is 11.5 Å². The van der Waals surface area contributed by atoms with Gasteiger partial charge in [0, 0.05) is 5.56 Å². The Morgan fingerprint density at radius 1 is 0.667 bits per heavy atom. The third-order valence-corrected chi connectivity index (χ3v) is 6.58. The van der Waals surface area contributed by atoms with Crippen LogP contribution in [0.4, 0.5) is 43.9 Å². The van der Waals surface area contributed by atoms with E-state index in [-0.39, 0.29) is 23.5 Å². The third-order valence-electron chi connectivity index (χ3n) is 6.58. The molecule has 2 unspecified atom stereocenters. The molecular formula is C31H23F10NO3. The summed E-state index contributed by atoms with van der Waals surface area (Å²) < 4.78 is 142. The summed E-state index contributed by atoms with van der Waals surface area (Å²) in [4.78, 5) is 0. The van der Waals surface area contributed by atoms with Crippen LogP contribution >= 0.6 is 0 Å². The Hall–Kier alpha value is -4.30. The highest BCUT2D eigenvalue weighted by Crippen LogP contribution is 2.36. The molecule has 0 aliphatic rings. The van der Waals surface area contributed by atoms with E-state index in [1.165, 1.54) is 36.4 Å². The van der Waals surface area contributed by atoms with Crippen LogP contribution in [0.5, 0.6) is 11.5 Å². The van der Waals surface area contributed by atoms with Gasteiger partial charge in [0.2, 0.25) is 0 Å². The Bertz CT molecular complexity index is 1570. The number of nitrogens with one attached hydrogen (secondary N) is 1. The standard InChI is InChI=1S/C31H23F10NO3/c32-26-13-10-22(30(36,37)38)15-25(26)28(42-27(16-43)19-6-8-21(9-7-19)29(33,34)35)20-2-1-3-24(14-20)44-17-18-4-11-23(12-5-18)45-31(39,40)41/h1-15,27-28,42-43H,16-17H2. The fourth-order valence-corrected chi connectivity index (χ4v) is 4.40. The molecule has 0 bridgehead atoms. The molecule has 0 spiro atoms. The number of rotatable bonds is 10. The lowest BCUT2D eigenvalue weighted by molar-refractivity contribution is -0.274. The van der Waals surface area contributed by atoms with Gasteiger partial charge in [-0.2, -0.15) is 26.3 Å². The number of aliphatic hydroxyl groups excluding tert-OH is 1. The van der Waals surface area contributed by atoms with Crippen LogP contribution in [-0.4, -0.2) is 18.1 Å². The van der Waals surface area contributed by atoms with Gasteiger partial charge in [0.1, 0.15) is 23.9 Å². The number of hydrogen-bond donors (Lipinski definition) is 2. The number of alkyl halides is 9. The first-order chi connectivity index (χ1) is 21.0. The van der Waals surface area contributed by atoms with Crippen molar-refractivity contribution >= 4 is 0 Å². The Kier molecular flexibility index (Phi) is 9.98. The van der Waals surface area contributed by atoms with Gasteiger partial charge < -0.3 is 14.6 Å². The van der Waals surface area contributed by atoms with Gasteiger partial charge in [-0.15, -0.1) is 13.2 Å². The van der Waals surface area contributed by atoms with Crippen LogP contribution in [0, 0.1) is 5.82 Å². The summed E-state index contributed by atoms with van der Waals surface area (Å²) in [6, 6.07) is 13.5. The van der Waals surface area contributed by atoms with Crippen molar-refractivity contribution in [2.24, 2.45) is 0 Å². The zero-order valence-electron chi connectivity index (χ0n) is 22.8. The van der Waals surface area contributed by atoms with Crippen molar-refractivity contribution in [1.82, 2.24) is 5.32 Å². The van der Waals surface area contributed by atoms with Crippen molar-refractivity contribution in [3.05, 3.63) is 130 Å². The predicted molar refractivity (Wildman–Crippen MR) is 142 cm³/mol. The van der Waals surface area contributed by atoms with Crippen molar-refractivity contribution in [1.29, 1.82) is 0 Å². The zero-order valence-corrected chi connectivity index (χ0v) is 22.8. The van der Waals surface area contributed by atoms with E-state index < -0.39 is 65.7 Å². The smallest absolute Gasteiger partial charge is 0.489 e. The number of benzene rings is 4. The molecule has 0 radical (unpaired) electrons. The van der Waals surface area contributed by atoms with E-state index in [1.807, 2.05) is 0 Å². The SMILES string of the molecule is OCC(NC(c1cccc(OCc2ccc(OC(F)(F)F)cc2)c1)c1cc(C(F)(F)F)ccc1F)c1ccc(C(F)(F)F)cc1. The Balaban J connectivity index is 1.65.